The number of hydrogen-bond acceptors (Lipinski definition) is 4. The fourth-order valence-electron chi connectivity index (χ4n) is 3.29. The van der Waals surface area contributed by atoms with E-state index in [1.807, 2.05) is 4.90 Å². The van der Waals surface area contributed by atoms with Gasteiger partial charge in [-0.05, 0) is 13.3 Å². The third-order valence-electron chi connectivity index (χ3n) is 4.71. The first-order valence-corrected chi connectivity index (χ1v) is 9.05. The van der Waals surface area contributed by atoms with Crippen LogP contribution in [0.15, 0.2) is 0 Å². The van der Waals surface area contributed by atoms with Crippen molar-refractivity contribution in [2.75, 3.05) is 45.9 Å². The minimum atomic E-state index is -0.317. The van der Waals surface area contributed by atoms with Gasteiger partial charge in [-0.1, -0.05) is 19.8 Å². The van der Waals surface area contributed by atoms with Gasteiger partial charge in [-0.2, -0.15) is 0 Å². The zero-order chi connectivity index (χ0) is 17.5. The Morgan fingerprint density at radius 2 is 1.75 bits per heavy atom. The van der Waals surface area contributed by atoms with Crippen molar-refractivity contribution >= 4 is 17.9 Å². The van der Waals surface area contributed by atoms with Gasteiger partial charge in [0.15, 0.2) is 0 Å². The van der Waals surface area contributed by atoms with Crippen LogP contribution in [0.3, 0.4) is 0 Å². The molecule has 2 fully saturated rings. The third kappa shape index (κ3) is 4.61. The van der Waals surface area contributed by atoms with Gasteiger partial charge >= 0.3 is 6.09 Å². The zero-order valence-electron chi connectivity index (χ0n) is 14.8. The van der Waals surface area contributed by atoms with Crippen LogP contribution >= 0.6 is 0 Å². The highest BCUT2D eigenvalue weighted by atomic mass is 16.6. The summed E-state index contributed by atoms with van der Waals surface area (Å²) in [6.45, 7) is 7.57. The number of hydrogen-bond donors (Lipinski definition) is 0. The van der Waals surface area contributed by atoms with Crippen molar-refractivity contribution in [3.05, 3.63) is 0 Å². The molecular weight excluding hydrogens is 310 g/mol. The molecule has 2 aliphatic rings. The Hall–Kier alpha value is -1.79. The van der Waals surface area contributed by atoms with Crippen LogP contribution < -0.4 is 0 Å². The maximum Gasteiger partial charge on any atom is 0.409 e. The van der Waals surface area contributed by atoms with E-state index < -0.39 is 0 Å². The molecule has 2 rings (SSSR count). The topological polar surface area (TPSA) is 70.2 Å². The Labute approximate surface area is 143 Å². The van der Waals surface area contributed by atoms with Crippen molar-refractivity contribution in [2.24, 2.45) is 5.92 Å². The quantitative estimate of drug-likeness (QED) is 0.685. The van der Waals surface area contributed by atoms with Crippen LogP contribution in [-0.2, 0) is 14.3 Å². The highest BCUT2D eigenvalue weighted by Crippen LogP contribution is 2.21. The Morgan fingerprint density at radius 3 is 2.38 bits per heavy atom. The molecule has 0 saturated carbocycles. The first kappa shape index (κ1) is 18.5. The maximum absolute atomic E-state index is 12.6. The predicted molar refractivity (Wildman–Crippen MR) is 89.4 cm³/mol. The second-order valence-electron chi connectivity index (χ2n) is 6.46. The van der Waals surface area contributed by atoms with Crippen molar-refractivity contribution < 1.29 is 19.1 Å². The Bertz CT molecular complexity index is 461. The summed E-state index contributed by atoms with van der Waals surface area (Å²) in [7, 11) is 0. The number of rotatable bonds is 6. The Kier molecular flexibility index (Phi) is 6.87. The molecule has 7 heteroatoms. The number of carbonyl (C=O) groups excluding carboxylic acids is 3. The lowest BCUT2D eigenvalue weighted by Gasteiger charge is -2.35. The zero-order valence-corrected chi connectivity index (χ0v) is 14.8. The molecule has 24 heavy (non-hydrogen) atoms. The molecule has 1 atom stereocenters. The molecule has 7 nitrogen and oxygen atoms in total. The van der Waals surface area contributed by atoms with Crippen molar-refractivity contribution in [3.63, 3.8) is 0 Å². The average Bonchev–Trinajstić information content (AvgIpc) is 2.96. The fourth-order valence-corrected chi connectivity index (χ4v) is 3.29. The minimum Gasteiger partial charge on any atom is -0.450 e. The van der Waals surface area contributed by atoms with E-state index >= 15 is 0 Å². The molecule has 2 saturated heterocycles. The first-order valence-electron chi connectivity index (χ1n) is 9.05. The molecule has 0 aromatic rings. The summed E-state index contributed by atoms with van der Waals surface area (Å²) in [4.78, 5) is 41.6. The molecule has 0 aliphatic carbocycles. The molecule has 2 aliphatic heterocycles. The summed E-state index contributed by atoms with van der Waals surface area (Å²) in [5.41, 5.74) is 0. The molecule has 0 radical (unpaired) electrons. The van der Waals surface area contributed by atoms with Gasteiger partial charge in [0.05, 0.1) is 12.5 Å². The number of likely N-dealkylation sites (tertiary alicyclic amines) is 1. The minimum absolute atomic E-state index is 0.0462. The molecule has 0 aromatic carbocycles. The number of ether oxygens (including phenoxy) is 1. The van der Waals surface area contributed by atoms with Crippen molar-refractivity contribution in [3.8, 4) is 0 Å². The van der Waals surface area contributed by atoms with Gasteiger partial charge in [-0.15, -0.1) is 0 Å². The molecule has 0 aromatic heterocycles. The summed E-state index contributed by atoms with van der Waals surface area (Å²) >= 11 is 0. The van der Waals surface area contributed by atoms with Gasteiger partial charge < -0.3 is 19.4 Å². The molecule has 0 N–H and O–H groups in total. The molecule has 3 amide bonds. The first-order chi connectivity index (χ1) is 11.6. The van der Waals surface area contributed by atoms with Crippen LogP contribution in [0.25, 0.3) is 0 Å². The van der Waals surface area contributed by atoms with Crippen LogP contribution in [0.4, 0.5) is 4.79 Å². The molecule has 1 unspecified atom stereocenters. The van der Waals surface area contributed by atoms with Gasteiger partial charge in [0.1, 0.15) is 0 Å². The van der Waals surface area contributed by atoms with E-state index in [0.29, 0.717) is 45.8 Å². The van der Waals surface area contributed by atoms with E-state index in [0.717, 1.165) is 25.8 Å². The molecule has 0 spiro atoms. The van der Waals surface area contributed by atoms with Crippen LogP contribution in [-0.4, -0.2) is 78.5 Å². The number of unbranched alkanes of at least 4 members (excludes halogenated alkanes) is 2. The lowest BCUT2D eigenvalue weighted by molar-refractivity contribution is -0.137. The van der Waals surface area contributed by atoms with Crippen LogP contribution in [0.1, 0.15) is 39.5 Å². The Balaban J connectivity index is 1.79. The molecular formula is C17H29N3O4. The van der Waals surface area contributed by atoms with Crippen LogP contribution in [0, 0.1) is 5.92 Å². The van der Waals surface area contributed by atoms with E-state index in [-0.39, 0.29) is 23.8 Å². The summed E-state index contributed by atoms with van der Waals surface area (Å²) in [5.74, 6) is -0.0901. The summed E-state index contributed by atoms with van der Waals surface area (Å²) < 4.78 is 4.98. The van der Waals surface area contributed by atoms with Crippen molar-refractivity contribution in [1.82, 2.24) is 14.7 Å². The van der Waals surface area contributed by atoms with Gasteiger partial charge in [0.2, 0.25) is 11.8 Å². The maximum atomic E-state index is 12.6. The second-order valence-corrected chi connectivity index (χ2v) is 6.46. The average molecular weight is 339 g/mol. The molecule has 0 bridgehead atoms. The second kappa shape index (κ2) is 8.89. The van der Waals surface area contributed by atoms with Crippen molar-refractivity contribution in [1.29, 1.82) is 0 Å². The fraction of sp³-hybridized carbons (Fsp3) is 0.824. The van der Waals surface area contributed by atoms with E-state index in [1.165, 1.54) is 0 Å². The normalized spacial score (nSPS) is 21.3. The summed E-state index contributed by atoms with van der Waals surface area (Å²) in [6, 6.07) is 0. The largest absolute Gasteiger partial charge is 0.450 e. The monoisotopic (exact) mass is 339 g/mol. The van der Waals surface area contributed by atoms with Gasteiger partial charge in [0, 0.05) is 45.7 Å². The Morgan fingerprint density at radius 1 is 1.08 bits per heavy atom. The molecule has 2 heterocycles. The summed E-state index contributed by atoms with van der Waals surface area (Å²) in [5, 5.41) is 0. The van der Waals surface area contributed by atoms with Crippen LogP contribution in [0.5, 0.6) is 0 Å². The number of nitrogens with zero attached hydrogens (tertiary/aromatic N) is 3. The summed E-state index contributed by atoms with van der Waals surface area (Å²) in [6.07, 6.45) is 3.24. The van der Waals surface area contributed by atoms with E-state index in [1.54, 1.807) is 16.7 Å². The standard InChI is InChI=1S/C17H29N3O4/c1-3-5-6-7-20-13-14(12-15(20)21)16(22)18-8-10-19(11-9-18)17(23)24-4-2/h14H,3-13H2,1-2H3. The number of piperazine rings is 1. The SMILES string of the molecule is CCCCCN1CC(C(=O)N2CCN(C(=O)OCC)CC2)CC1=O. The van der Waals surface area contributed by atoms with Crippen molar-refractivity contribution in [2.45, 2.75) is 39.5 Å². The van der Waals surface area contributed by atoms with E-state index in [9.17, 15) is 14.4 Å². The highest BCUT2D eigenvalue weighted by Gasteiger charge is 2.37. The van der Waals surface area contributed by atoms with Gasteiger partial charge in [0.25, 0.3) is 0 Å². The predicted octanol–water partition coefficient (Wildman–Crippen LogP) is 1.33. The number of carbonyl (C=O) groups is 3. The lowest BCUT2D eigenvalue weighted by atomic mass is 10.1. The van der Waals surface area contributed by atoms with Crippen LogP contribution in [0.2, 0.25) is 0 Å². The van der Waals surface area contributed by atoms with Gasteiger partial charge in [-0.25, -0.2) is 4.79 Å². The molecule has 136 valence electrons. The van der Waals surface area contributed by atoms with E-state index in [2.05, 4.69) is 6.92 Å². The smallest absolute Gasteiger partial charge is 0.409 e. The highest BCUT2D eigenvalue weighted by molar-refractivity contribution is 5.89. The third-order valence-corrected chi connectivity index (χ3v) is 4.71. The van der Waals surface area contributed by atoms with E-state index in [4.69, 9.17) is 4.74 Å². The van der Waals surface area contributed by atoms with Gasteiger partial charge in [-0.3, -0.25) is 9.59 Å². The lowest BCUT2D eigenvalue weighted by Crippen LogP contribution is -2.52. The number of amides is 3.